The molecule has 0 fully saturated rings. The molecular formula is C31H26N2O7S. The molecule has 0 spiro atoms. The van der Waals surface area contributed by atoms with E-state index in [0.29, 0.717) is 50.0 Å². The Balaban J connectivity index is 1.57. The highest BCUT2D eigenvalue weighted by Crippen LogP contribution is 2.32. The first-order valence-electron chi connectivity index (χ1n) is 12.8. The fraction of sp³-hybridized carbons (Fsp3) is 0.161. The summed E-state index contributed by atoms with van der Waals surface area (Å²) in [6.07, 6.45) is 3.28. The Bertz CT molecular complexity index is 1840. The van der Waals surface area contributed by atoms with Crippen molar-refractivity contribution in [2.24, 2.45) is 4.99 Å². The number of aromatic carboxylic acids is 1. The van der Waals surface area contributed by atoms with Crippen LogP contribution in [-0.2, 0) is 9.53 Å². The van der Waals surface area contributed by atoms with E-state index >= 15 is 0 Å². The number of nitrogens with zero attached hydrogens (tertiary/aromatic N) is 2. The molecule has 41 heavy (non-hydrogen) atoms. The predicted octanol–water partition coefficient (Wildman–Crippen LogP) is 4.32. The van der Waals surface area contributed by atoms with Crippen molar-refractivity contribution in [2.45, 2.75) is 19.9 Å². The van der Waals surface area contributed by atoms with Gasteiger partial charge in [0.25, 0.3) is 5.56 Å². The fourth-order valence-corrected chi connectivity index (χ4v) is 5.53. The van der Waals surface area contributed by atoms with Crippen molar-refractivity contribution in [2.75, 3.05) is 13.2 Å². The number of benzene rings is 2. The lowest BCUT2D eigenvalue weighted by molar-refractivity contribution is -0.139. The van der Waals surface area contributed by atoms with E-state index in [1.54, 1.807) is 62.4 Å². The number of carbonyl (C=O) groups is 2. The molecule has 1 N–H and O–H groups in total. The maximum atomic E-state index is 13.8. The number of fused-ring (bicyclic) bond motifs is 1. The molecule has 208 valence electrons. The van der Waals surface area contributed by atoms with Crippen LogP contribution in [0.4, 0.5) is 0 Å². The summed E-state index contributed by atoms with van der Waals surface area (Å²) in [6, 6.07) is 16.2. The minimum Gasteiger partial charge on any atom is -0.490 e. The molecule has 0 aliphatic carbocycles. The first kappa shape index (κ1) is 27.6. The third-order valence-electron chi connectivity index (χ3n) is 6.40. The molecule has 1 aliphatic rings. The summed E-state index contributed by atoms with van der Waals surface area (Å²) in [6.45, 7) is 7.64. The van der Waals surface area contributed by atoms with Crippen LogP contribution in [0.3, 0.4) is 0 Å². The van der Waals surface area contributed by atoms with Gasteiger partial charge in [-0.1, -0.05) is 48.3 Å². The lowest BCUT2D eigenvalue weighted by atomic mass is 9.96. The normalized spacial score (nSPS) is 14.8. The Labute approximate surface area is 238 Å². The number of allylic oxidation sites excluding steroid dienone is 1. The largest absolute Gasteiger partial charge is 0.490 e. The molecule has 0 radical (unpaired) electrons. The zero-order chi connectivity index (χ0) is 29.1. The quantitative estimate of drug-likeness (QED) is 0.235. The molecule has 4 aromatic rings. The van der Waals surface area contributed by atoms with Crippen molar-refractivity contribution >= 4 is 29.4 Å². The van der Waals surface area contributed by atoms with Gasteiger partial charge in [0.15, 0.2) is 4.80 Å². The van der Waals surface area contributed by atoms with E-state index in [4.69, 9.17) is 19.0 Å². The lowest BCUT2D eigenvalue weighted by Crippen LogP contribution is -2.39. The van der Waals surface area contributed by atoms with E-state index in [9.17, 15) is 14.4 Å². The van der Waals surface area contributed by atoms with Crippen molar-refractivity contribution in [3.63, 3.8) is 0 Å². The Morgan fingerprint density at radius 1 is 1.12 bits per heavy atom. The van der Waals surface area contributed by atoms with Gasteiger partial charge in [-0.25, -0.2) is 14.6 Å². The summed E-state index contributed by atoms with van der Waals surface area (Å²) in [5, 5.41) is 9.13. The third-order valence-corrected chi connectivity index (χ3v) is 7.38. The number of carboxylic acids is 1. The SMILES string of the molecule is C=CCOc1ccc(C2C(C(=O)OCC)=C(C)N=c3s/c(=C\c4ccc(-c5ccc(C(=O)O)cc5)o4)c(=O)n32)cc1. The van der Waals surface area contributed by atoms with Crippen molar-refractivity contribution < 1.29 is 28.6 Å². The zero-order valence-corrected chi connectivity index (χ0v) is 23.1. The van der Waals surface area contributed by atoms with Gasteiger partial charge in [0.05, 0.1) is 34.0 Å². The van der Waals surface area contributed by atoms with Gasteiger partial charge in [0.2, 0.25) is 0 Å². The molecule has 2 aromatic carbocycles. The highest BCUT2D eigenvalue weighted by Gasteiger charge is 2.33. The van der Waals surface area contributed by atoms with E-state index in [2.05, 4.69) is 11.6 Å². The van der Waals surface area contributed by atoms with Crippen LogP contribution >= 0.6 is 11.3 Å². The minimum absolute atomic E-state index is 0.174. The van der Waals surface area contributed by atoms with Crippen LogP contribution in [0.1, 0.15) is 41.6 Å². The smallest absolute Gasteiger partial charge is 0.338 e. The van der Waals surface area contributed by atoms with Crippen LogP contribution in [0.25, 0.3) is 17.4 Å². The van der Waals surface area contributed by atoms with E-state index in [1.807, 2.05) is 12.1 Å². The molecule has 0 amide bonds. The molecule has 2 aromatic heterocycles. The number of furan rings is 1. The molecule has 0 saturated carbocycles. The van der Waals surface area contributed by atoms with E-state index in [1.165, 1.54) is 28.0 Å². The van der Waals surface area contributed by atoms with Crippen LogP contribution in [-0.4, -0.2) is 34.8 Å². The number of hydrogen-bond acceptors (Lipinski definition) is 8. The number of carbonyl (C=O) groups excluding carboxylic acids is 1. The topological polar surface area (TPSA) is 120 Å². The Hall–Kier alpha value is -4.96. The molecule has 3 heterocycles. The monoisotopic (exact) mass is 570 g/mol. The summed E-state index contributed by atoms with van der Waals surface area (Å²) in [7, 11) is 0. The van der Waals surface area contributed by atoms with Gasteiger partial charge >= 0.3 is 11.9 Å². The maximum absolute atomic E-state index is 13.8. The van der Waals surface area contributed by atoms with Crippen molar-refractivity contribution in [1.82, 2.24) is 4.57 Å². The second-order valence-electron chi connectivity index (χ2n) is 9.06. The van der Waals surface area contributed by atoms with Gasteiger partial charge < -0.3 is 19.0 Å². The second-order valence-corrected chi connectivity index (χ2v) is 10.1. The molecule has 1 aliphatic heterocycles. The van der Waals surface area contributed by atoms with Crippen LogP contribution in [0, 0.1) is 0 Å². The first-order valence-corrected chi connectivity index (χ1v) is 13.6. The van der Waals surface area contributed by atoms with Gasteiger partial charge in [0, 0.05) is 11.6 Å². The third kappa shape index (κ3) is 5.55. The van der Waals surface area contributed by atoms with Crippen LogP contribution in [0.5, 0.6) is 5.75 Å². The summed E-state index contributed by atoms with van der Waals surface area (Å²) in [5.41, 5.74) is 2.00. The van der Waals surface area contributed by atoms with Crippen molar-refractivity contribution in [3.8, 4) is 17.1 Å². The molecule has 9 nitrogen and oxygen atoms in total. The highest BCUT2D eigenvalue weighted by molar-refractivity contribution is 7.07. The van der Waals surface area contributed by atoms with E-state index in [-0.39, 0.29) is 23.3 Å². The standard InChI is InChI=1S/C31H26N2O7S/c1-4-16-39-22-12-10-20(11-13-22)27-26(30(37)38-5-2)18(3)32-31-33(27)28(34)25(41-31)17-23-14-15-24(40-23)19-6-8-21(9-7-19)29(35)36/h4,6-15,17,27H,1,5,16H2,2-3H3,(H,35,36)/b25-17-. The highest BCUT2D eigenvalue weighted by atomic mass is 32.1. The summed E-state index contributed by atoms with van der Waals surface area (Å²) < 4.78 is 18.8. The second kappa shape index (κ2) is 11.6. The summed E-state index contributed by atoms with van der Waals surface area (Å²) >= 11 is 1.19. The number of ether oxygens (including phenoxy) is 2. The number of hydrogen-bond donors (Lipinski definition) is 1. The Morgan fingerprint density at radius 2 is 1.85 bits per heavy atom. The average molecular weight is 571 g/mol. The van der Waals surface area contributed by atoms with Gasteiger partial charge in [-0.2, -0.15) is 0 Å². The van der Waals surface area contributed by atoms with Crippen molar-refractivity contribution in [1.29, 1.82) is 0 Å². The van der Waals surface area contributed by atoms with Gasteiger partial charge in [-0.15, -0.1) is 0 Å². The van der Waals surface area contributed by atoms with Crippen LogP contribution < -0.4 is 19.6 Å². The predicted molar refractivity (Wildman–Crippen MR) is 154 cm³/mol. The van der Waals surface area contributed by atoms with Crippen LogP contribution in [0.2, 0.25) is 0 Å². The number of aromatic nitrogens is 1. The van der Waals surface area contributed by atoms with Crippen molar-refractivity contribution in [3.05, 3.63) is 121 Å². The zero-order valence-electron chi connectivity index (χ0n) is 22.3. The van der Waals surface area contributed by atoms with Crippen LogP contribution in [0.15, 0.2) is 98.8 Å². The molecule has 5 rings (SSSR count). The Kier molecular flexibility index (Phi) is 7.84. The Morgan fingerprint density at radius 3 is 2.51 bits per heavy atom. The summed E-state index contributed by atoms with van der Waals surface area (Å²) in [4.78, 5) is 43.0. The molecule has 0 bridgehead atoms. The minimum atomic E-state index is -1.01. The molecule has 0 saturated heterocycles. The van der Waals surface area contributed by atoms with Gasteiger partial charge in [0.1, 0.15) is 23.9 Å². The lowest BCUT2D eigenvalue weighted by Gasteiger charge is -2.24. The molecular weight excluding hydrogens is 544 g/mol. The number of esters is 1. The maximum Gasteiger partial charge on any atom is 0.338 e. The molecule has 1 atom stereocenters. The molecule has 10 heteroatoms. The summed E-state index contributed by atoms with van der Waals surface area (Å²) in [5.74, 6) is 0.0474. The number of carboxylic acid groups (broad SMARTS) is 1. The first-order chi connectivity index (χ1) is 19.8. The number of thiazole rings is 1. The fourth-order valence-electron chi connectivity index (χ4n) is 4.50. The van der Waals surface area contributed by atoms with E-state index in [0.717, 1.165) is 0 Å². The molecule has 1 unspecified atom stereocenters. The number of rotatable bonds is 9. The van der Waals surface area contributed by atoms with E-state index < -0.39 is 18.0 Å². The average Bonchev–Trinajstić information content (AvgIpc) is 3.55. The van der Waals surface area contributed by atoms with Gasteiger partial charge in [-0.3, -0.25) is 9.36 Å². The van der Waals surface area contributed by atoms with Gasteiger partial charge in [-0.05, 0) is 55.8 Å².